The van der Waals surface area contributed by atoms with Crippen LogP contribution in [0, 0.1) is 5.41 Å². The molecule has 60 heavy (non-hydrogen) atoms. The van der Waals surface area contributed by atoms with Crippen molar-refractivity contribution in [3.8, 4) is 0 Å². The summed E-state index contributed by atoms with van der Waals surface area (Å²) >= 11 is 0. The lowest BCUT2D eigenvalue weighted by Crippen LogP contribution is -2.66. The standard InChI is InChI=1S/C50H88O6Si4/c1-21-50(12,13)46(51)37-41(32-33-54-60(49(9,10)11,43-28-24-22-25-29-43)44-30-26-23-27-31-44)36-42(56-59(19,20)48(6,7)8)38-45(53-39-52-34-35-57(14,15)16)40(2)55-58(17,18)47(3,4)5/h21-32,40,42,45H,1,33-39H2,2-20H3/b41-32+/t40-,42+,45-/m1/s1. The smallest absolute Gasteiger partial charge is 0.261 e. The largest absolute Gasteiger partial charge is 0.414 e. The highest BCUT2D eigenvalue weighted by molar-refractivity contribution is 6.99. The van der Waals surface area contributed by atoms with Gasteiger partial charge >= 0.3 is 0 Å². The second kappa shape index (κ2) is 21.8. The van der Waals surface area contributed by atoms with Crippen LogP contribution in [0.2, 0.25) is 67.0 Å². The van der Waals surface area contributed by atoms with Crippen molar-refractivity contribution in [1.82, 2.24) is 0 Å². The van der Waals surface area contributed by atoms with E-state index in [1.54, 1.807) is 6.08 Å². The molecule has 2 rings (SSSR count). The Bertz CT molecular complexity index is 1600. The van der Waals surface area contributed by atoms with Crippen molar-refractivity contribution < 1.29 is 27.5 Å². The number of Topliss-reactive ketones (excluding diaryl/α,β-unsaturated/α-hetero) is 1. The Morgan fingerprint density at radius 2 is 1.20 bits per heavy atom. The molecule has 0 saturated heterocycles. The Morgan fingerprint density at radius 1 is 0.717 bits per heavy atom. The predicted molar refractivity (Wildman–Crippen MR) is 268 cm³/mol. The average molecular weight is 898 g/mol. The molecule has 0 bridgehead atoms. The molecule has 0 unspecified atom stereocenters. The Balaban J connectivity index is 2.73. The zero-order chi connectivity index (χ0) is 46.0. The van der Waals surface area contributed by atoms with Crippen LogP contribution in [0.1, 0.15) is 102 Å². The van der Waals surface area contributed by atoms with Gasteiger partial charge in [0, 0.05) is 32.9 Å². The van der Waals surface area contributed by atoms with E-state index in [2.05, 4.69) is 188 Å². The number of ether oxygens (including phenoxy) is 2. The van der Waals surface area contributed by atoms with E-state index in [4.69, 9.17) is 22.8 Å². The maximum absolute atomic E-state index is 14.1. The van der Waals surface area contributed by atoms with Crippen LogP contribution in [-0.2, 0) is 27.5 Å². The Labute approximate surface area is 373 Å². The van der Waals surface area contributed by atoms with E-state index in [0.29, 0.717) is 26.1 Å². The summed E-state index contributed by atoms with van der Waals surface area (Å²) in [4.78, 5) is 14.1. The van der Waals surface area contributed by atoms with Crippen LogP contribution in [0.4, 0.5) is 0 Å². The monoisotopic (exact) mass is 897 g/mol. The number of carbonyl (C=O) groups excluding carboxylic acids is 1. The van der Waals surface area contributed by atoms with Gasteiger partial charge in [-0.1, -0.05) is 160 Å². The fraction of sp³-hybridized carbons (Fsp3) is 0.660. The summed E-state index contributed by atoms with van der Waals surface area (Å²) in [7, 11) is -8.55. The van der Waals surface area contributed by atoms with Gasteiger partial charge in [0.25, 0.3) is 8.32 Å². The third-order valence-corrected chi connectivity index (χ3v) is 28.9. The van der Waals surface area contributed by atoms with Gasteiger partial charge < -0.3 is 22.8 Å². The molecule has 2 aromatic rings. The first-order valence-electron chi connectivity index (χ1n) is 22.4. The molecule has 0 spiro atoms. The molecule has 0 aliphatic carbocycles. The highest BCUT2D eigenvalue weighted by Gasteiger charge is 2.50. The van der Waals surface area contributed by atoms with E-state index in [1.807, 2.05) is 13.8 Å². The summed E-state index contributed by atoms with van der Waals surface area (Å²) in [5.74, 6) is 0.124. The van der Waals surface area contributed by atoms with Gasteiger partial charge in [0.2, 0.25) is 0 Å². The van der Waals surface area contributed by atoms with Gasteiger partial charge in [0.1, 0.15) is 12.6 Å². The fourth-order valence-corrected chi connectivity index (χ4v) is 14.9. The van der Waals surface area contributed by atoms with E-state index in [1.165, 1.54) is 10.4 Å². The van der Waals surface area contributed by atoms with Crippen LogP contribution < -0.4 is 10.4 Å². The van der Waals surface area contributed by atoms with Crippen molar-refractivity contribution in [3.63, 3.8) is 0 Å². The van der Waals surface area contributed by atoms with Gasteiger partial charge in [-0.3, -0.25) is 4.79 Å². The molecule has 0 N–H and O–H groups in total. The zero-order valence-electron chi connectivity index (χ0n) is 41.8. The third kappa shape index (κ3) is 15.8. The minimum absolute atomic E-state index is 0.0261. The van der Waals surface area contributed by atoms with Crippen LogP contribution in [0.15, 0.2) is 85.0 Å². The fourth-order valence-electron chi connectivity index (χ4n) is 6.83. The molecule has 0 aliphatic heterocycles. The minimum Gasteiger partial charge on any atom is -0.414 e. The van der Waals surface area contributed by atoms with Crippen LogP contribution >= 0.6 is 0 Å². The molecule has 0 aromatic heterocycles. The lowest BCUT2D eigenvalue weighted by atomic mass is 9.84. The Morgan fingerprint density at radius 3 is 1.63 bits per heavy atom. The predicted octanol–water partition coefficient (Wildman–Crippen LogP) is 12.9. The number of hydrogen-bond acceptors (Lipinski definition) is 6. The SMILES string of the molecule is C=CC(C)(C)C(=O)C/C(=C/CO[Si](c1ccccc1)(c1ccccc1)C(C)(C)C)C[C@@H](C[C@@H](OCOCC[Si](C)(C)C)[C@@H](C)O[Si](C)(C)C(C)(C)C)O[Si](C)(C)C(C)(C)C. The highest BCUT2D eigenvalue weighted by atomic mass is 28.4. The molecule has 0 fully saturated rings. The number of allylic oxidation sites excluding steroid dienone is 1. The number of hydrogen-bond donors (Lipinski definition) is 0. The van der Waals surface area contributed by atoms with Gasteiger partial charge in [-0.2, -0.15) is 0 Å². The topological polar surface area (TPSA) is 63.2 Å². The molecule has 2 aromatic carbocycles. The van der Waals surface area contributed by atoms with Crippen molar-refractivity contribution in [2.24, 2.45) is 5.41 Å². The van der Waals surface area contributed by atoms with Crippen molar-refractivity contribution in [2.75, 3.05) is 20.0 Å². The molecule has 3 atom stereocenters. The van der Waals surface area contributed by atoms with Gasteiger partial charge in [-0.05, 0) is 84.9 Å². The zero-order valence-corrected chi connectivity index (χ0v) is 45.8. The molecule has 0 saturated carbocycles. The molecule has 6 nitrogen and oxygen atoms in total. The van der Waals surface area contributed by atoms with Crippen molar-refractivity contribution in [2.45, 2.75) is 188 Å². The molecule has 340 valence electrons. The summed E-state index contributed by atoms with van der Waals surface area (Å²) in [6, 6.07) is 22.5. The summed E-state index contributed by atoms with van der Waals surface area (Å²) in [6.07, 6.45) is 4.69. The Kier molecular flexibility index (Phi) is 19.7. The van der Waals surface area contributed by atoms with Crippen molar-refractivity contribution in [1.29, 1.82) is 0 Å². The summed E-state index contributed by atoms with van der Waals surface area (Å²) < 4.78 is 34.7. The van der Waals surface area contributed by atoms with Crippen LogP contribution in [-0.4, -0.2) is 77.1 Å². The first-order valence-corrected chi connectivity index (χ1v) is 33.9. The van der Waals surface area contributed by atoms with E-state index in [-0.39, 0.29) is 52.4 Å². The lowest BCUT2D eigenvalue weighted by Gasteiger charge is -2.43. The second-order valence-corrected chi connectivity index (χ2v) is 42.4. The average Bonchev–Trinajstić information content (AvgIpc) is 3.11. The maximum atomic E-state index is 14.1. The van der Waals surface area contributed by atoms with Crippen molar-refractivity contribution >= 4 is 49.2 Å². The van der Waals surface area contributed by atoms with Crippen molar-refractivity contribution in [3.05, 3.63) is 85.0 Å². The molecule has 0 aliphatic rings. The number of ketones is 1. The number of rotatable bonds is 24. The Hall–Kier alpha value is -1.74. The van der Waals surface area contributed by atoms with Crippen LogP contribution in [0.3, 0.4) is 0 Å². The van der Waals surface area contributed by atoms with E-state index in [9.17, 15) is 4.79 Å². The summed E-state index contributed by atoms with van der Waals surface area (Å²) in [6.45, 7) is 48.2. The molecule has 0 amide bonds. The van der Waals surface area contributed by atoms with Crippen LogP contribution in [0.25, 0.3) is 0 Å². The quantitative estimate of drug-likeness (QED) is 0.0453. The molecule has 0 heterocycles. The lowest BCUT2D eigenvalue weighted by molar-refractivity contribution is -0.126. The minimum atomic E-state index is -2.83. The summed E-state index contributed by atoms with van der Waals surface area (Å²) in [5.41, 5.74) is 0.331. The van der Waals surface area contributed by atoms with Crippen LogP contribution in [0.5, 0.6) is 0 Å². The highest BCUT2D eigenvalue weighted by Crippen LogP contribution is 2.41. The molecule has 10 heteroatoms. The van der Waals surface area contributed by atoms with E-state index < -0.39 is 38.4 Å². The normalized spacial score (nSPS) is 15.8. The van der Waals surface area contributed by atoms with Gasteiger partial charge in [0.05, 0.1) is 24.9 Å². The maximum Gasteiger partial charge on any atom is 0.261 e. The van der Waals surface area contributed by atoms with Gasteiger partial charge in [-0.25, -0.2) is 0 Å². The molecule has 0 radical (unpaired) electrons. The van der Waals surface area contributed by atoms with Gasteiger partial charge in [0.15, 0.2) is 16.6 Å². The number of benzene rings is 2. The summed E-state index contributed by atoms with van der Waals surface area (Å²) in [5, 5.41) is 2.28. The van der Waals surface area contributed by atoms with E-state index in [0.717, 1.165) is 11.6 Å². The molecular weight excluding hydrogens is 809 g/mol. The second-order valence-electron chi connectivity index (χ2n) is 22.9. The first-order chi connectivity index (χ1) is 27.3. The number of carbonyl (C=O) groups is 1. The first kappa shape index (κ1) is 54.4. The third-order valence-electron chi connectivity index (χ3n) is 13.1. The molecular formula is C50H88O6Si4. The van der Waals surface area contributed by atoms with Gasteiger partial charge in [-0.15, -0.1) is 6.58 Å². The van der Waals surface area contributed by atoms with E-state index >= 15 is 0 Å².